The number of rotatable bonds is 3. The quantitative estimate of drug-likeness (QED) is 0.882. The van der Waals surface area contributed by atoms with E-state index in [0.29, 0.717) is 18.4 Å². The van der Waals surface area contributed by atoms with Gasteiger partial charge in [0, 0.05) is 19.5 Å². The van der Waals surface area contributed by atoms with Crippen LogP contribution in [0.5, 0.6) is 0 Å². The third-order valence-corrected chi connectivity index (χ3v) is 4.12. The molecule has 0 saturated heterocycles. The van der Waals surface area contributed by atoms with Crippen LogP contribution >= 0.6 is 0 Å². The summed E-state index contributed by atoms with van der Waals surface area (Å²) < 4.78 is 0. The minimum Gasteiger partial charge on any atom is -0.334 e. The van der Waals surface area contributed by atoms with E-state index in [2.05, 4.69) is 18.2 Å². The van der Waals surface area contributed by atoms with Gasteiger partial charge in [0.05, 0.1) is 6.04 Å². The van der Waals surface area contributed by atoms with E-state index in [1.165, 1.54) is 24.0 Å². The third kappa shape index (κ3) is 2.15. The van der Waals surface area contributed by atoms with Crippen molar-refractivity contribution in [3.05, 3.63) is 35.4 Å². The van der Waals surface area contributed by atoms with Gasteiger partial charge in [-0.05, 0) is 36.3 Å². The second-order valence-electron chi connectivity index (χ2n) is 5.43. The predicted octanol–water partition coefficient (Wildman–Crippen LogP) is 1.87. The topological polar surface area (TPSA) is 46.3 Å². The monoisotopic (exact) mass is 244 g/mol. The van der Waals surface area contributed by atoms with Gasteiger partial charge in [0.15, 0.2) is 0 Å². The van der Waals surface area contributed by atoms with Crippen LogP contribution in [0.25, 0.3) is 0 Å². The highest BCUT2D eigenvalue weighted by Gasteiger charge is 2.33. The van der Waals surface area contributed by atoms with Crippen molar-refractivity contribution in [1.29, 1.82) is 0 Å². The Morgan fingerprint density at radius 2 is 2.11 bits per heavy atom. The van der Waals surface area contributed by atoms with Crippen molar-refractivity contribution >= 4 is 5.91 Å². The average Bonchev–Trinajstić information content (AvgIpc) is 3.21. The number of benzene rings is 1. The zero-order chi connectivity index (χ0) is 12.5. The second-order valence-corrected chi connectivity index (χ2v) is 5.43. The highest BCUT2D eigenvalue weighted by atomic mass is 16.2. The third-order valence-electron chi connectivity index (χ3n) is 4.12. The van der Waals surface area contributed by atoms with E-state index in [9.17, 15) is 4.79 Å². The molecule has 1 saturated carbocycles. The van der Waals surface area contributed by atoms with E-state index in [-0.39, 0.29) is 6.04 Å². The maximum Gasteiger partial charge on any atom is 0.223 e. The minimum atomic E-state index is 0.0844. The standard InChI is InChI=1S/C15H20N2O/c16-10-14-13-4-2-1-3-12(13)7-8-17(14)15(18)9-11-5-6-11/h1-4,11,14H,5-10,16H2. The number of nitrogens with zero attached hydrogens (tertiary/aromatic N) is 1. The fourth-order valence-corrected chi connectivity index (χ4v) is 2.89. The van der Waals surface area contributed by atoms with Crippen LogP contribution < -0.4 is 5.73 Å². The lowest BCUT2D eigenvalue weighted by Crippen LogP contribution is -2.43. The van der Waals surface area contributed by atoms with E-state index < -0.39 is 0 Å². The molecule has 0 bridgehead atoms. The first kappa shape index (κ1) is 11.7. The Kier molecular flexibility index (Phi) is 3.08. The summed E-state index contributed by atoms with van der Waals surface area (Å²) in [6.45, 7) is 1.35. The van der Waals surface area contributed by atoms with Crippen LogP contribution in [0.2, 0.25) is 0 Å². The summed E-state index contributed by atoms with van der Waals surface area (Å²) in [4.78, 5) is 14.3. The molecule has 0 spiro atoms. The molecule has 2 aliphatic rings. The maximum atomic E-state index is 12.3. The molecule has 1 heterocycles. The van der Waals surface area contributed by atoms with E-state index >= 15 is 0 Å². The smallest absolute Gasteiger partial charge is 0.223 e. The van der Waals surface area contributed by atoms with Crippen LogP contribution in [0, 0.1) is 5.92 Å². The number of fused-ring (bicyclic) bond motifs is 1. The van der Waals surface area contributed by atoms with Crippen molar-refractivity contribution in [2.75, 3.05) is 13.1 Å². The normalized spacial score (nSPS) is 22.7. The lowest BCUT2D eigenvalue weighted by molar-refractivity contribution is -0.134. The molecule has 1 aliphatic heterocycles. The Morgan fingerprint density at radius 1 is 1.33 bits per heavy atom. The van der Waals surface area contributed by atoms with E-state index in [1.807, 2.05) is 11.0 Å². The maximum absolute atomic E-state index is 12.3. The number of carbonyl (C=O) groups is 1. The number of hydrogen-bond donors (Lipinski definition) is 1. The van der Waals surface area contributed by atoms with Crippen LogP contribution in [-0.4, -0.2) is 23.9 Å². The molecule has 1 amide bonds. The van der Waals surface area contributed by atoms with Gasteiger partial charge >= 0.3 is 0 Å². The summed E-state index contributed by atoms with van der Waals surface area (Å²) in [5.74, 6) is 0.940. The highest BCUT2D eigenvalue weighted by molar-refractivity contribution is 5.77. The summed E-state index contributed by atoms with van der Waals surface area (Å²) in [6.07, 6.45) is 4.13. The van der Waals surface area contributed by atoms with Gasteiger partial charge in [0.1, 0.15) is 0 Å². The largest absolute Gasteiger partial charge is 0.334 e. The zero-order valence-corrected chi connectivity index (χ0v) is 10.6. The summed E-state index contributed by atoms with van der Waals surface area (Å²) in [6, 6.07) is 8.45. The Labute approximate surface area is 108 Å². The van der Waals surface area contributed by atoms with Crippen LogP contribution in [0.15, 0.2) is 24.3 Å². The van der Waals surface area contributed by atoms with Gasteiger partial charge in [-0.2, -0.15) is 0 Å². The lowest BCUT2D eigenvalue weighted by Gasteiger charge is -2.37. The second kappa shape index (κ2) is 4.73. The van der Waals surface area contributed by atoms with Crippen LogP contribution in [0.3, 0.4) is 0 Å². The molecule has 1 aromatic rings. The molecule has 3 heteroatoms. The van der Waals surface area contributed by atoms with Crippen LogP contribution in [-0.2, 0) is 11.2 Å². The Bertz CT molecular complexity index is 454. The first-order valence-corrected chi connectivity index (χ1v) is 6.87. The zero-order valence-electron chi connectivity index (χ0n) is 10.6. The first-order valence-electron chi connectivity index (χ1n) is 6.87. The fraction of sp³-hybridized carbons (Fsp3) is 0.533. The summed E-state index contributed by atoms with van der Waals surface area (Å²) in [7, 11) is 0. The summed E-state index contributed by atoms with van der Waals surface area (Å²) in [5.41, 5.74) is 8.49. The van der Waals surface area contributed by atoms with E-state index in [0.717, 1.165) is 19.4 Å². The molecule has 1 atom stereocenters. The van der Waals surface area contributed by atoms with Crippen molar-refractivity contribution in [3.8, 4) is 0 Å². The molecule has 1 fully saturated rings. The molecule has 3 nitrogen and oxygen atoms in total. The molecular formula is C15H20N2O. The molecule has 3 rings (SSSR count). The van der Waals surface area contributed by atoms with Crippen molar-refractivity contribution < 1.29 is 4.79 Å². The SMILES string of the molecule is NCC1c2ccccc2CCN1C(=O)CC1CC1. The summed E-state index contributed by atoms with van der Waals surface area (Å²) in [5, 5.41) is 0. The van der Waals surface area contributed by atoms with Gasteiger partial charge in [-0.1, -0.05) is 24.3 Å². The number of hydrogen-bond acceptors (Lipinski definition) is 2. The summed E-state index contributed by atoms with van der Waals surface area (Å²) >= 11 is 0. The van der Waals surface area contributed by atoms with Crippen molar-refractivity contribution in [2.45, 2.75) is 31.7 Å². The van der Waals surface area contributed by atoms with Crippen LogP contribution in [0.4, 0.5) is 0 Å². The molecule has 0 radical (unpaired) electrons. The number of carbonyl (C=O) groups excluding carboxylic acids is 1. The molecular weight excluding hydrogens is 224 g/mol. The van der Waals surface area contributed by atoms with Gasteiger partial charge in [0.2, 0.25) is 5.91 Å². The Balaban J connectivity index is 1.82. The van der Waals surface area contributed by atoms with Crippen molar-refractivity contribution in [1.82, 2.24) is 4.90 Å². The lowest BCUT2D eigenvalue weighted by atomic mass is 9.92. The minimum absolute atomic E-state index is 0.0844. The molecule has 18 heavy (non-hydrogen) atoms. The highest BCUT2D eigenvalue weighted by Crippen LogP contribution is 2.35. The number of amides is 1. The van der Waals surface area contributed by atoms with E-state index in [1.54, 1.807) is 0 Å². The Morgan fingerprint density at radius 3 is 2.83 bits per heavy atom. The number of nitrogens with two attached hydrogens (primary N) is 1. The molecule has 1 unspecified atom stereocenters. The molecule has 2 N–H and O–H groups in total. The molecule has 96 valence electrons. The van der Waals surface area contributed by atoms with E-state index in [4.69, 9.17) is 5.73 Å². The fourth-order valence-electron chi connectivity index (χ4n) is 2.89. The van der Waals surface area contributed by atoms with Gasteiger partial charge in [-0.3, -0.25) is 4.79 Å². The van der Waals surface area contributed by atoms with Crippen LogP contribution in [0.1, 0.15) is 36.4 Å². The molecule has 1 aromatic carbocycles. The molecule has 0 aromatic heterocycles. The van der Waals surface area contributed by atoms with Crippen molar-refractivity contribution in [2.24, 2.45) is 11.7 Å². The predicted molar refractivity (Wildman–Crippen MR) is 71.0 cm³/mol. The van der Waals surface area contributed by atoms with Gasteiger partial charge in [-0.15, -0.1) is 0 Å². The molecule has 1 aliphatic carbocycles. The van der Waals surface area contributed by atoms with Crippen molar-refractivity contribution in [3.63, 3.8) is 0 Å². The van der Waals surface area contributed by atoms with Gasteiger partial charge in [0.25, 0.3) is 0 Å². The van der Waals surface area contributed by atoms with Gasteiger partial charge in [-0.25, -0.2) is 0 Å². The average molecular weight is 244 g/mol. The first-order chi connectivity index (χ1) is 8.79. The van der Waals surface area contributed by atoms with Gasteiger partial charge < -0.3 is 10.6 Å². The Hall–Kier alpha value is -1.35.